The molecular weight excluding hydrogens is 426 g/mol. The maximum Gasteiger partial charge on any atom is 0.258 e. The molecule has 0 saturated carbocycles. The van der Waals surface area contributed by atoms with E-state index in [0.717, 1.165) is 34.4 Å². The van der Waals surface area contributed by atoms with Crippen molar-refractivity contribution in [2.45, 2.75) is 24.4 Å². The standard InChI is InChI=1S/C20H16ClN5O3S/c1-2-26-18(12-6-7-15-16(9-12)28-11-27-15)23-24-20(26)30-10-17-22-19(29-25-17)13-4-3-5-14(21)8-13/h3-9H,2,10-11H2,1H3. The number of nitrogens with zero attached hydrogens (tertiary/aromatic N) is 5. The van der Waals surface area contributed by atoms with Crippen LogP contribution >= 0.6 is 23.4 Å². The van der Waals surface area contributed by atoms with Gasteiger partial charge in [0.1, 0.15) is 0 Å². The number of ether oxygens (including phenoxy) is 2. The van der Waals surface area contributed by atoms with Gasteiger partial charge in [0.25, 0.3) is 5.89 Å². The highest BCUT2D eigenvalue weighted by atomic mass is 35.5. The normalized spacial score (nSPS) is 12.5. The average molecular weight is 442 g/mol. The van der Waals surface area contributed by atoms with Crippen molar-refractivity contribution in [2.24, 2.45) is 0 Å². The van der Waals surface area contributed by atoms with E-state index in [-0.39, 0.29) is 6.79 Å². The van der Waals surface area contributed by atoms with E-state index >= 15 is 0 Å². The van der Waals surface area contributed by atoms with Gasteiger partial charge in [0.15, 0.2) is 28.3 Å². The zero-order chi connectivity index (χ0) is 20.5. The second-order valence-corrected chi connectivity index (χ2v) is 7.81. The van der Waals surface area contributed by atoms with Gasteiger partial charge in [-0.25, -0.2) is 0 Å². The van der Waals surface area contributed by atoms with Crippen LogP contribution in [-0.4, -0.2) is 31.7 Å². The summed E-state index contributed by atoms with van der Waals surface area (Å²) in [5.41, 5.74) is 1.70. The van der Waals surface area contributed by atoms with Crippen LogP contribution in [0.25, 0.3) is 22.8 Å². The average Bonchev–Trinajstić information content (AvgIpc) is 3.50. The molecule has 1 aliphatic heterocycles. The fourth-order valence-electron chi connectivity index (χ4n) is 3.11. The molecule has 1 aliphatic rings. The van der Waals surface area contributed by atoms with E-state index in [1.54, 1.807) is 12.1 Å². The van der Waals surface area contributed by atoms with Crippen molar-refractivity contribution in [1.29, 1.82) is 0 Å². The summed E-state index contributed by atoms with van der Waals surface area (Å²) in [6.07, 6.45) is 0. The lowest BCUT2D eigenvalue weighted by molar-refractivity contribution is 0.174. The molecular formula is C20H16ClN5O3S. The van der Waals surface area contributed by atoms with Gasteiger partial charge in [-0.05, 0) is 43.3 Å². The van der Waals surface area contributed by atoms with E-state index in [0.29, 0.717) is 28.2 Å². The van der Waals surface area contributed by atoms with E-state index < -0.39 is 0 Å². The van der Waals surface area contributed by atoms with Gasteiger partial charge in [0.05, 0.1) is 5.75 Å². The zero-order valence-electron chi connectivity index (χ0n) is 15.9. The molecule has 152 valence electrons. The number of halogens is 1. The molecule has 0 amide bonds. The lowest BCUT2D eigenvalue weighted by atomic mass is 10.2. The molecule has 5 rings (SSSR count). The molecule has 4 aromatic rings. The van der Waals surface area contributed by atoms with E-state index in [4.69, 9.17) is 25.6 Å². The Labute approximate surface area is 181 Å². The van der Waals surface area contributed by atoms with Crippen molar-refractivity contribution in [3.63, 3.8) is 0 Å². The number of hydrogen-bond donors (Lipinski definition) is 0. The third-order valence-corrected chi connectivity index (χ3v) is 5.73. The second-order valence-electron chi connectivity index (χ2n) is 6.43. The molecule has 0 aliphatic carbocycles. The molecule has 0 radical (unpaired) electrons. The second kappa shape index (κ2) is 8.00. The Balaban J connectivity index is 1.34. The largest absolute Gasteiger partial charge is 0.454 e. The molecule has 8 nitrogen and oxygen atoms in total. The maximum absolute atomic E-state index is 6.03. The molecule has 30 heavy (non-hydrogen) atoms. The first-order valence-corrected chi connectivity index (χ1v) is 10.6. The highest BCUT2D eigenvalue weighted by Gasteiger charge is 2.19. The highest BCUT2D eigenvalue weighted by molar-refractivity contribution is 7.98. The van der Waals surface area contributed by atoms with Crippen LogP contribution in [0.1, 0.15) is 12.7 Å². The van der Waals surface area contributed by atoms with E-state index in [2.05, 4.69) is 27.3 Å². The summed E-state index contributed by atoms with van der Waals surface area (Å²) < 4.78 is 18.3. The first-order chi connectivity index (χ1) is 14.7. The summed E-state index contributed by atoms with van der Waals surface area (Å²) in [4.78, 5) is 4.45. The van der Waals surface area contributed by atoms with Crippen molar-refractivity contribution >= 4 is 23.4 Å². The Morgan fingerprint density at radius 2 is 1.97 bits per heavy atom. The third-order valence-electron chi connectivity index (χ3n) is 4.53. The van der Waals surface area contributed by atoms with Crippen LogP contribution in [0, 0.1) is 0 Å². The van der Waals surface area contributed by atoms with Crippen LogP contribution in [0.5, 0.6) is 11.5 Å². The lowest BCUT2D eigenvalue weighted by Gasteiger charge is -2.07. The molecule has 0 unspecified atom stereocenters. The summed E-state index contributed by atoms with van der Waals surface area (Å²) in [6, 6.07) is 13.1. The minimum absolute atomic E-state index is 0.238. The van der Waals surface area contributed by atoms with Gasteiger partial charge < -0.3 is 18.6 Å². The Morgan fingerprint density at radius 3 is 2.83 bits per heavy atom. The van der Waals surface area contributed by atoms with Crippen molar-refractivity contribution < 1.29 is 14.0 Å². The highest BCUT2D eigenvalue weighted by Crippen LogP contribution is 2.36. The van der Waals surface area contributed by atoms with Crippen LogP contribution in [0.3, 0.4) is 0 Å². The molecule has 10 heteroatoms. The van der Waals surface area contributed by atoms with Gasteiger partial charge in [0.2, 0.25) is 6.79 Å². The molecule has 0 spiro atoms. The number of fused-ring (bicyclic) bond motifs is 1. The van der Waals surface area contributed by atoms with Gasteiger partial charge >= 0.3 is 0 Å². The number of rotatable bonds is 6. The summed E-state index contributed by atoms with van der Waals surface area (Å²) in [7, 11) is 0. The fourth-order valence-corrected chi connectivity index (χ4v) is 4.15. The van der Waals surface area contributed by atoms with Crippen molar-refractivity contribution in [2.75, 3.05) is 6.79 Å². The van der Waals surface area contributed by atoms with Gasteiger partial charge in [0, 0.05) is 22.7 Å². The van der Waals surface area contributed by atoms with Crippen LogP contribution < -0.4 is 9.47 Å². The number of aromatic nitrogens is 5. The van der Waals surface area contributed by atoms with Crippen LogP contribution in [0.4, 0.5) is 0 Å². The predicted octanol–water partition coefficient (Wildman–Crippen LogP) is 4.69. The Morgan fingerprint density at radius 1 is 1.07 bits per heavy atom. The van der Waals surface area contributed by atoms with E-state index in [1.807, 2.05) is 34.9 Å². The first-order valence-electron chi connectivity index (χ1n) is 9.26. The first kappa shape index (κ1) is 19.0. The molecule has 0 bridgehead atoms. The number of thioether (sulfide) groups is 1. The third kappa shape index (κ3) is 3.61. The Hall–Kier alpha value is -3.04. The van der Waals surface area contributed by atoms with Crippen molar-refractivity contribution in [3.8, 4) is 34.3 Å². The lowest BCUT2D eigenvalue weighted by Crippen LogP contribution is -2.00. The quantitative estimate of drug-likeness (QED) is 0.398. The minimum Gasteiger partial charge on any atom is -0.454 e. The van der Waals surface area contributed by atoms with Gasteiger partial charge in [-0.2, -0.15) is 4.98 Å². The Kier molecular flexibility index (Phi) is 5.06. The SMILES string of the molecule is CCn1c(SCc2noc(-c3cccc(Cl)c3)n2)nnc1-c1ccc2c(c1)OCO2. The molecule has 0 N–H and O–H groups in total. The summed E-state index contributed by atoms with van der Waals surface area (Å²) >= 11 is 7.53. The van der Waals surface area contributed by atoms with Gasteiger partial charge in [-0.1, -0.05) is 34.6 Å². The van der Waals surface area contributed by atoms with E-state index in [9.17, 15) is 0 Å². The molecule has 0 fully saturated rings. The van der Waals surface area contributed by atoms with Crippen LogP contribution in [-0.2, 0) is 12.3 Å². The predicted molar refractivity (Wildman–Crippen MR) is 112 cm³/mol. The summed E-state index contributed by atoms with van der Waals surface area (Å²) in [6.45, 7) is 3.01. The zero-order valence-corrected chi connectivity index (χ0v) is 17.5. The van der Waals surface area contributed by atoms with Crippen molar-refractivity contribution in [1.82, 2.24) is 24.9 Å². The summed E-state index contributed by atoms with van der Waals surface area (Å²) in [5.74, 6) is 3.74. The molecule has 3 heterocycles. The van der Waals surface area contributed by atoms with E-state index in [1.165, 1.54) is 11.8 Å². The van der Waals surface area contributed by atoms with Gasteiger partial charge in [-0.15, -0.1) is 10.2 Å². The monoisotopic (exact) mass is 441 g/mol. The van der Waals surface area contributed by atoms with Crippen LogP contribution in [0.2, 0.25) is 5.02 Å². The maximum atomic E-state index is 6.03. The fraction of sp³-hybridized carbons (Fsp3) is 0.200. The number of benzene rings is 2. The summed E-state index contributed by atoms with van der Waals surface area (Å²) in [5, 5.41) is 14.2. The van der Waals surface area contributed by atoms with Gasteiger partial charge in [-0.3, -0.25) is 0 Å². The smallest absolute Gasteiger partial charge is 0.258 e. The molecule has 2 aromatic heterocycles. The minimum atomic E-state index is 0.238. The molecule has 0 atom stereocenters. The van der Waals surface area contributed by atoms with Crippen LogP contribution in [0.15, 0.2) is 52.1 Å². The Bertz CT molecular complexity index is 1210. The number of hydrogen-bond acceptors (Lipinski definition) is 8. The molecule has 0 saturated heterocycles. The topological polar surface area (TPSA) is 88.1 Å². The molecule has 2 aromatic carbocycles. The van der Waals surface area contributed by atoms with Crippen molar-refractivity contribution in [3.05, 3.63) is 53.3 Å².